The van der Waals surface area contributed by atoms with E-state index in [1.165, 1.54) is 57.8 Å². The zero-order valence-corrected chi connectivity index (χ0v) is 14.8. The van der Waals surface area contributed by atoms with Gasteiger partial charge >= 0.3 is 0 Å². The largest absolute Gasteiger partial charge is 0.330 e. The maximum absolute atomic E-state index is 6.42. The molecule has 0 heterocycles. The van der Waals surface area contributed by atoms with Crippen molar-refractivity contribution in [1.82, 2.24) is 0 Å². The van der Waals surface area contributed by atoms with E-state index in [9.17, 15) is 0 Å². The van der Waals surface area contributed by atoms with Gasteiger partial charge in [0.05, 0.1) is 0 Å². The van der Waals surface area contributed by atoms with Gasteiger partial charge in [-0.3, -0.25) is 0 Å². The van der Waals surface area contributed by atoms with E-state index in [0.29, 0.717) is 12.0 Å². The molecule has 0 fully saturated rings. The maximum Gasteiger partial charge on any atom is 0.00676 e. The molecule has 0 aliphatic rings. The third-order valence-electron chi connectivity index (χ3n) is 4.66. The van der Waals surface area contributed by atoms with E-state index in [2.05, 4.69) is 0 Å². The van der Waals surface area contributed by atoms with Crippen LogP contribution in [0.5, 0.6) is 0 Å². The molecule has 0 radical (unpaired) electrons. The van der Waals surface area contributed by atoms with E-state index in [1.807, 2.05) is 0 Å². The number of hydrogen-bond acceptors (Lipinski definition) is 4. The predicted octanol–water partition coefficient (Wildman–Crippen LogP) is 2.88. The van der Waals surface area contributed by atoms with E-state index in [4.69, 9.17) is 22.9 Å². The van der Waals surface area contributed by atoms with Gasteiger partial charge in [0, 0.05) is 6.04 Å². The van der Waals surface area contributed by atoms with Crippen LogP contribution in [0.2, 0.25) is 0 Å². The first-order chi connectivity index (χ1) is 10.8. The molecule has 0 rings (SSSR count). The topological polar surface area (TPSA) is 104 Å². The van der Waals surface area contributed by atoms with Gasteiger partial charge in [0.15, 0.2) is 0 Å². The summed E-state index contributed by atoms with van der Waals surface area (Å²) in [5, 5.41) is 0. The van der Waals surface area contributed by atoms with Crippen molar-refractivity contribution in [3.8, 4) is 0 Å². The Hall–Kier alpha value is -0.160. The Kier molecular flexibility index (Phi) is 17.1. The monoisotopic (exact) mass is 314 g/mol. The number of rotatable bonds is 17. The predicted molar refractivity (Wildman–Crippen MR) is 98.6 cm³/mol. The molecule has 0 aliphatic carbocycles. The average molecular weight is 315 g/mol. The van der Waals surface area contributed by atoms with Crippen molar-refractivity contribution in [2.24, 2.45) is 28.9 Å². The van der Waals surface area contributed by atoms with Crippen LogP contribution >= 0.6 is 0 Å². The first kappa shape index (κ1) is 21.8. The smallest absolute Gasteiger partial charge is 0.00676 e. The fraction of sp³-hybridized carbons (Fsp3) is 1.00. The molecule has 0 aliphatic heterocycles. The van der Waals surface area contributed by atoms with Crippen molar-refractivity contribution in [3.05, 3.63) is 0 Å². The van der Waals surface area contributed by atoms with Crippen LogP contribution in [0.15, 0.2) is 0 Å². The van der Waals surface area contributed by atoms with Crippen molar-refractivity contribution in [3.63, 3.8) is 0 Å². The fourth-order valence-corrected chi connectivity index (χ4v) is 3.16. The second kappa shape index (κ2) is 17.2. The van der Waals surface area contributed by atoms with E-state index in [1.54, 1.807) is 0 Å². The Morgan fingerprint density at radius 3 is 1.41 bits per heavy atom. The lowest BCUT2D eigenvalue weighted by atomic mass is 9.87. The SMILES string of the molecule is NCCCCCCCC(N)C(CCN)CCCCCCCN. The molecule has 22 heavy (non-hydrogen) atoms. The molecular formula is C18H42N4. The average Bonchev–Trinajstić information content (AvgIpc) is 2.52. The molecule has 0 spiro atoms. The summed E-state index contributed by atoms with van der Waals surface area (Å²) in [4.78, 5) is 0. The summed E-state index contributed by atoms with van der Waals surface area (Å²) < 4.78 is 0. The van der Waals surface area contributed by atoms with Crippen LogP contribution in [-0.4, -0.2) is 25.7 Å². The summed E-state index contributed by atoms with van der Waals surface area (Å²) in [6, 6.07) is 0.335. The highest BCUT2D eigenvalue weighted by atomic mass is 14.7. The molecule has 4 heteroatoms. The van der Waals surface area contributed by atoms with E-state index < -0.39 is 0 Å². The maximum atomic E-state index is 6.42. The van der Waals surface area contributed by atoms with Gasteiger partial charge in [0.2, 0.25) is 0 Å². The van der Waals surface area contributed by atoms with Crippen molar-refractivity contribution in [2.75, 3.05) is 19.6 Å². The van der Waals surface area contributed by atoms with Crippen molar-refractivity contribution < 1.29 is 0 Å². The highest BCUT2D eigenvalue weighted by Crippen LogP contribution is 2.20. The standard InChI is InChI=1S/C18H42N4/c19-14-9-5-1-3-7-11-17(13-16-21)18(22)12-8-4-2-6-10-15-20/h17-18H,1-16,19-22H2. The summed E-state index contributed by atoms with van der Waals surface area (Å²) in [5.74, 6) is 0.614. The van der Waals surface area contributed by atoms with Gasteiger partial charge in [-0.1, -0.05) is 51.4 Å². The molecule has 0 bridgehead atoms. The molecule has 2 unspecified atom stereocenters. The molecule has 0 aromatic heterocycles. The van der Waals surface area contributed by atoms with E-state index in [0.717, 1.165) is 45.3 Å². The minimum absolute atomic E-state index is 0.335. The summed E-state index contributed by atoms with van der Waals surface area (Å²) in [5.41, 5.74) is 23.2. The van der Waals surface area contributed by atoms with Crippen molar-refractivity contribution in [1.29, 1.82) is 0 Å². The lowest BCUT2D eigenvalue weighted by molar-refractivity contribution is 0.336. The summed E-state index contributed by atoms with van der Waals surface area (Å²) in [6.45, 7) is 2.41. The van der Waals surface area contributed by atoms with Crippen LogP contribution in [0.25, 0.3) is 0 Å². The summed E-state index contributed by atoms with van der Waals surface area (Å²) in [6.07, 6.45) is 16.1. The van der Waals surface area contributed by atoms with Crippen LogP contribution in [0, 0.1) is 5.92 Å². The number of hydrogen-bond donors (Lipinski definition) is 4. The van der Waals surface area contributed by atoms with Crippen molar-refractivity contribution >= 4 is 0 Å². The Labute approximate surface area is 138 Å². The van der Waals surface area contributed by atoms with Crippen LogP contribution in [0.3, 0.4) is 0 Å². The summed E-state index contributed by atoms with van der Waals surface area (Å²) in [7, 11) is 0. The third-order valence-corrected chi connectivity index (χ3v) is 4.66. The Balaban J connectivity index is 3.70. The molecular weight excluding hydrogens is 272 g/mol. The van der Waals surface area contributed by atoms with Crippen LogP contribution in [0.4, 0.5) is 0 Å². The molecule has 0 amide bonds. The molecule has 0 aromatic carbocycles. The minimum Gasteiger partial charge on any atom is -0.330 e. The van der Waals surface area contributed by atoms with Gasteiger partial charge in [-0.15, -0.1) is 0 Å². The molecule has 2 atom stereocenters. The Morgan fingerprint density at radius 2 is 0.909 bits per heavy atom. The van der Waals surface area contributed by atoms with Crippen LogP contribution in [-0.2, 0) is 0 Å². The first-order valence-corrected chi connectivity index (χ1v) is 9.62. The second-order valence-electron chi connectivity index (χ2n) is 6.69. The minimum atomic E-state index is 0.335. The van der Waals surface area contributed by atoms with Crippen LogP contribution < -0.4 is 22.9 Å². The van der Waals surface area contributed by atoms with Gasteiger partial charge in [0.25, 0.3) is 0 Å². The highest BCUT2D eigenvalue weighted by molar-refractivity contribution is 4.74. The molecule has 8 N–H and O–H groups in total. The van der Waals surface area contributed by atoms with Gasteiger partial charge in [-0.05, 0) is 57.7 Å². The highest BCUT2D eigenvalue weighted by Gasteiger charge is 2.16. The van der Waals surface area contributed by atoms with Crippen LogP contribution in [0.1, 0.15) is 83.5 Å². The molecule has 0 saturated heterocycles. The van der Waals surface area contributed by atoms with E-state index in [-0.39, 0.29) is 0 Å². The quantitative estimate of drug-likeness (QED) is 0.310. The van der Waals surface area contributed by atoms with Gasteiger partial charge in [-0.2, -0.15) is 0 Å². The van der Waals surface area contributed by atoms with Crippen molar-refractivity contribution in [2.45, 2.75) is 89.5 Å². The van der Waals surface area contributed by atoms with Gasteiger partial charge in [-0.25, -0.2) is 0 Å². The van der Waals surface area contributed by atoms with Gasteiger partial charge in [0.1, 0.15) is 0 Å². The fourth-order valence-electron chi connectivity index (χ4n) is 3.16. The van der Waals surface area contributed by atoms with Gasteiger partial charge < -0.3 is 22.9 Å². The zero-order valence-electron chi connectivity index (χ0n) is 14.8. The number of unbranched alkanes of at least 4 members (excludes halogenated alkanes) is 8. The lowest BCUT2D eigenvalue weighted by Crippen LogP contribution is -2.31. The third kappa shape index (κ3) is 13.5. The van der Waals surface area contributed by atoms with E-state index >= 15 is 0 Å². The molecule has 0 saturated carbocycles. The normalized spacial score (nSPS) is 14.2. The molecule has 134 valence electrons. The second-order valence-corrected chi connectivity index (χ2v) is 6.69. The number of nitrogens with two attached hydrogens (primary N) is 4. The first-order valence-electron chi connectivity index (χ1n) is 9.62. The summed E-state index contributed by atoms with van der Waals surface area (Å²) >= 11 is 0. The Bertz CT molecular complexity index is 211. The lowest BCUT2D eigenvalue weighted by Gasteiger charge is -2.23. The molecule has 0 aromatic rings. The Morgan fingerprint density at radius 1 is 0.455 bits per heavy atom. The molecule has 4 nitrogen and oxygen atoms in total. The zero-order chi connectivity index (χ0) is 16.5.